The van der Waals surface area contributed by atoms with Crippen molar-refractivity contribution < 1.29 is 14.3 Å². The molecule has 2 rings (SSSR count). The van der Waals surface area contributed by atoms with Gasteiger partial charge in [0.2, 0.25) is 11.8 Å². The number of carbonyl (C=O) groups is 2. The van der Waals surface area contributed by atoms with Crippen LogP contribution < -0.4 is 5.32 Å². The zero-order chi connectivity index (χ0) is 18.8. The number of rotatable bonds is 9. The molecule has 0 aliphatic carbocycles. The summed E-state index contributed by atoms with van der Waals surface area (Å²) >= 11 is 5.99. The summed E-state index contributed by atoms with van der Waals surface area (Å²) in [6.45, 7) is 7.35. The first kappa shape index (κ1) is 20.7. The monoisotopic (exact) mass is 381 g/mol. The Morgan fingerprint density at radius 2 is 2.04 bits per heavy atom. The molecule has 1 saturated heterocycles. The van der Waals surface area contributed by atoms with Crippen molar-refractivity contribution in [2.75, 3.05) is 52.5 Å². The molecule has 0 aromatic heterocycles. The van der Waals surface area contributed by atoms with Crippen LogP contribution in [-0.4, -0.2) is 74.1 Å². The summed E-state index contributed by atoms with van der Waals surface area (Å²) < 4.78 is 5.30. The summed E-state index contributed by atoms with van der Waals surface area (Å²) in [7, 11) is 0. The van der Waals surface area contributed by atoms with Gasteiger partial charge in [0.15, 0.2) is 0 Å². The smallest absolute Gasteiger partial charge is 0.221 e. The van der Waals surface area contributed by atoms with E-state index < -0.39 is 0 Å². The summed E-state index contributed by atoms with van der Waals surface area (Å²) in [5.41, 5.74) is 1.08. The minimum atomic E-state index is -0.0211. The van der Waals surface area contributed by atoms with Crippen molar-refractivity contribution in [2.45, 2.75) is 19.8 Å². The molecule has 2 amide bonds. The quantitative estimate of drug-likeness (QED) is 0.705. The molecule has 7 heteroatoms. The van der Waals surface area contributed by atoms with Gasteiger partial charge in [-0.1, -0.05) is 23.7 Å². The van der Waals surface area contributed by atoms with Gasteiger partial charge in [-0.25, -0.2) is 0 Å². The molecular weight excluding hydrogens is 354 g/mol. The van der Waals surface area contributed by atoms with E-state index >= 15 is 0 Å². The molecule has 0 atom stereocenters. The van der Waals surface area contributed by atoms with Crippen LogP contribution in [0.2, 0.25) is 5.02 Å². The highest BCUT2D eigenvalue weighted by Crippen LogP contribution is 2.11. The summed E-state index contributed by atoms with van der Waals surface area (Å²) in [5.74, 6) is -0.0413. The van der Waals surface area contributed by atoms with E-state index in [9.17, 15) is 9.59 Å². The molecule has 1 aromatic rings. The second-order valence-corrected chi connectivity index (χ2v) is 6.88. The number of morpholine rings is 1. The van der Waals surface area contributed by atoms with Crippen LogP contribution in [0.15, 0.2) is 24.3 Å². The normalized spacial score (nSPS) is 14.8. The van der Waals surface area contributed by atoms with E-state index in [0.29, 0.717) is 31.1 Å². The molecule has 1 heterocycles. The van der Waals surface area contributed by atoms with Crippen molar-refractivity contribution in [3.05, 3.63) is 34.9 Å². The number of halogens is 1. The van der Waals surface area contributed by atoms with Crippen LogP contribution in [0.25, 0.3) is 0 Å². The topological polar surface area (TPSA) is 61.9 Å². The third-order valence-corrected chi connectivity index (χ3v) is 4.70. The molecule has 0 radical (unpaired) electrons. The van der Waals surface area contributed by atoms with Gasteiger partial charge in [0.25, 0.3) is 0 Å². The van der Waals surface area contributed by atoms with Crippen molar-refractivity contribution in [3.63, 3.8) is 0 Å². The maximum atomic E-state index is 12.0. The lowest BCUT2D eigenvalue weighted by Gasteiger charge is -2.26. The molecule has 1 aromatic carbocycles. The number of hydrogen-bond donors (Lipinski definition) is 1. The molecule has 144 valence electrons. The molecule has 0 saturated carbocycles. The van der Waals surface area contributed by atoms with Gasteiger partial charge in [-0.05, 0) is 24.1 Å². The second kappa shape index (κ2) is 11.2. The Morgan fingerprint density at radius 1 is 1.27 bits per heavy atom. The minimum absolute atomic E-state index is 0.0202. The van der Waals surface area contributed by atoms with Crippen LogP contribution in [-0.2, 0) is 20.7 Å². The number of carbonyl (C=O) groups excluding carboxylic acids is 2. The van der Waals surface area contributed by atoms with E-state index in [1.165, 1.54) is 6.92 Å². The van der Waals surface area contributed by atoms with Gasteiger partial charge in [-0.2, -0.15) is 0 Å². The number of nitrogens with one attached hydrogen (secondary N) is 1. The molecule has 26 heavy (non-hydrogen) atoms. The van der Waals surface area contributed by atoms with Crippen LogP contribution in [0, 0.1) is 0 Å². The zero-order valence-electron chi connectivity index (χ0n) is 15.4. The predicted molar refractivity (Wildman–Crippen MR) is 102 cm³/mol. The van der Waals surface area contributed by atoms with Gasteiger partial charge in [0, 0.05) is 57.6 Å². The van der Waals surface area contributed by atoms with E-state index in [4.69, 9.17) is 16.3 Å². The lowest BCUT2D eigenvalue weighted by Crippen LogP contribution is -2.42. The summed E-state index contributed by atoms with van der Waals surface area (Å²) in [6.07, 6.45) is 1.04. The lowest BCUT2D eigenvalue weighted by atomic mass is 10.1. The van der Waals surface area contributed by atoms with Gasteiger partial charge in [-0.3, -0.25) is 14.5 Å². The van der Waals surface area contributed by atoms with Crippen LogP contribution >= 0.6 is 11.6 Å². The third kappa shape index (κ3) is 7.72. The average molecular weight is 382 g/mol. The fourth-order valence-corrected chi connectivity index (χ4v) is 3.10. The van der Waals surface area contributed by atoms with Crippen molar-refractivity contribution in [1.29, 1.82) is 0 Å². The van der Waals surface area contributed by atoms with Gasteiger partial charge < -0.3 is 15.0 Å². The Hall–Kier alpha value is -1.63. The molecule has 0 bridgehead atoms. The number of benzene rings is 1. The van der Waals surface area contributed by atoms with E-state index in [1.807, 2.05) is 24.3 Å². The number of nitrogens with zero attached hydrogens (tertiary/aromatic N) is 2. The van der Waals surface area contributed by atoms with Gasteiger partial charge >= 0.3 is 0 Å². The first-order valence-electron chi connectivity index (χ1n) is 9.11. The first-order chi connectivity index (χ1) is 12.5. The average Bonchev–Trinajstić information content (AvgIpc) is 2.62. The number of hydrogen-bond acceptors (Lipinski definition) is 4. The molecule has 1 aliphatic rings. The fraction of sp³-hybridized carbons (Fsp3) is 0.579. The minimum Gasteiger partial charge on any atom is -0.379 e. The molecule has 1 fully saturated rings. The zero-order valence-corrected chi connectivity index (χ0v) is 16.1. The highest BCUT2D eigenvalue weighted by Gasteiger charge is 2.13. The Labute approximate surface area is 160 Å². The molecule has 1 N–H and O–H groups in total. The van der Waals surface area contributed by atoms with Crippen molar-refractivity contribution in [2.24, 2.45) is 0 Å². The highest BCUT2D eigenvalue weighted by molar-refractivity contribution is 6.30. The van der Waals surface area contributed by atoms with Gasteiger partial charge in [0.05, 0.1) is 13.2 Å². The van der Waals surface area contributed by atoms with E-state index in [2.05, 4.69) is 10.2 Å². The largest absolute Gasteiger partial charge is 0.379 e. The standard InChI is InChI=1S/C19H28ClN3O3/c1-16(24)23(8-5-17-3-2-4-18(20)15-17)9-6-19(25)21-7-10-22-11-13-26-14-12-22/h2-4,15H,5-14H2,1H3,(H,21,25). The molecular formula is C19H28ClN3O3. The van der Waals surface area contributed by atoms with Gasteiger partial charge in [0.1, 0.15) is 0 Å². The second-order valence-electron chi connectivity index (χ2n) is 6.44. The lowest BCUT2D eigenvalue weighted by molar-refractivity contribution is -0.129. The molecule has 6 nitrogen and oxygen atoms in total. The highest BCUT2D eigenvalue weighted by atomic mass is 35.5. The first-order valence-corrected chi connectivity index (χ1v) is 9.49. The Balaban J connectivity index is 1.66. The molecule has 0 spiro atoms. The van der Waals surface area contributed by atoms with Crippen LogP contribution in [0.1, 0.15) is 18.9 Å². The van der Waals surface area contributed by atoms with Crippen LogP contribution in [0.5, 0.6) is 0 Å². The summed E-state index contributed by atoms with van der Waals surface area (Å²) in [4.78, 5) is 27.8. The van der Waals surface area contributed by atoms with Crippen LogP contribution in [0.3, 0.4) is 0 Å². The summed E-state index contributed by atoms with van der Waals surface area (Å²) in [6, 6.07) is 7.62. The third-order valence-electron chi connectivity index (χ3n) is 4.47. The SMILES string of the molecule is CC(=O)N(CCC(=O)NCCN1CCOCC1)CCc1cccc(Cl)c1. The maximum absolute atomic E-state index is 12.0. The van der Waals surface area contributed by atoms with Crippen molar-refractivity contribution in [3.8, 4) is 0 Å². The Bertz CT molecular complexity index is 591. The molecule has 1 aliphatic heterocycles. The van der Waals surface area contributed by atoms with E-state index in [0.717, 1.165) is 44.8 Å². The van der Waals surface area contributed by atoms with E-state index in [1.54, 1.807) is 4.90 Å². The van der Waals surface area contributed by atoms with Crippen molar-refractivity contribution in [1.82, 2.24) is 15.1 Å². The molecule has 0 unspecified atom stereocenters. The Morgan fingerprint density at radius 3 is 2.73 bits per heavy atom. The van der Waals surface area contributed by atoms with Crippen LogP contribution in [0.4, 0.5) is 0 Å². The maximum Gasteiger partial charge on any atom is 0.221 e. The number of ether oxygens (including phenoxy) is 1. The Kier molecular flexibility index (Phi) is 8.88. The summed E-state index contributed by atoms with van der Waals surface area (Å²) in [5, 5.41) is 3.62. The predicted octanol–water partition coefficient (Wildman–Crippen LogP) is 1.57. The van der Waals surface area contributed by atoms with E-state index in [-0.39, 0.29) is 11.8 Å². The fourth-order valence-electron chi connectivity index (χ4n) is 2.89. The van der Waals surface area contributed by atoms with Gasteiger partial charge in [-0.15, -0.1) is 0 Å². The van der Waals surface area contributed by atoms with Crippen molar-refractivity contribution >= 4 is 23.4 Å². The number of amides is 2.